The third kappa shape index (κ3) is 4.81. The lowest BCUT2D eigenvalue weighted by atomic mass is 10.3. The quantitative estimate of drug-likeness (QED) is 0.429. The molecular formula is C17H18N4O5S2. The average Bonchev–Trinajstić information content (AvgIpc) is 2.69. The number of nitrogens with one attached hydrogen (secondary N) is 2. The van der Waals surface area contributed by atoms with Gasteiger partial charge in [-0.25, -0.2) is 8.42 Å². The molecule has 148 valence electrons. The van der Waals surface area contributed by atoms with Crippen molar-refractivity contribution in [2.45, 2.75) is 4.90 Å². The van der Waals surface area contributed by atoms with Crippen LogP contribution < -0.4 is 10.6 Å². The zero-order valence-corrected chi connectivity index (χ0v) is 16.3. The molecule has 0 atom stereocenters. The smallest absolute Gasteiger partial charge is 0.269 e. The number of rotatable bonds is 5. The molecule has 28 heavy (non-hydrogen) atoms. The molecule has 1 aliphatic rings. The Morgan fingerprint density at radius 2 is 1.50 bits per heavy atom. The summed E-state index contributed by atoms with van der Waals surface area (Å²) in [5, 5.41) is 16.8. The van der Waals surface area contributed by atoms with Crippen molar-refractivity contribution in [2.24, 2.45) is 0 Å². The van der Waals surface area contributed by atoms with E-state index >= 15 is 0 Å². The zero-order valence-electron chi connectivity index (χ0n) is 14.7. The van der Waals surface area contributed by atoms with Gasteiger partial charge in [0.1, 0.15) is 0 Å². The van der Waals surface area contributed by atoms with Crippen molar-refractivity contribution in [3.63, 3.8) is 0 Å². The monoisotopic (exact) mass is 422 g/mol. The maximum Gasteiger partial charge on any atom is 0.269 e. The largest absolute Gasteiger partial charge is 0.379 e. The highest BCUT2D eigenvalue weighted by molar-refractivity contribution is 7.89. The second kappa shape index (κ2) is 8.61. The molecule has 1 aliphatic heterocycles. The summed E-state index contributed by atoms with van der Waals surface area (Å²) in [5.41, 5.74) is 1.19. The van der Waals surface area contributed by atoms with Crippen LogP contribution in [-0.2, 0) is 14.8 Å². The summed E-state index contributed by atoms with van der Waals surface area (Å²) in [4.78, 5) is 10.4. The van der Waals surface area contributed by atoms with Gasteiger partial charge in [-0.2, -0.15) is 4.31 Å². The van der Waals surface area contributed by atoms with Crippen LogP contribution in [0.4, 0.5) is 17.1 Å². The minimum absolute atomic E-state index is 0.0125. The number of nitro benzene ring substituents is 1. The Kier molecular flexibility index (Phi) is 6.19. The van der Waals surface area contributed by atoms with Crippen LogP contribution in [0.3, 0.4) is 0 Å². The Balaban J connectivity index is 1.62. The zero-order chi connectivity index (χ0) is 20.1. The topological polar surface area (TPSA) is 114 Å². The normalized spacial score (nSPS) is 15.0. The number of nitrogens with zero attached hydrogens (tertiary/aromatic N) is 2. The molecule has 1 fully saturated rings. The molecular weight excluding hydrogens is 404 g/mol. The minimum Gasteiger partial charge on any atom is -0.379 e. The number of nitro groups is 1. The molecule has 9 nitrogen and oxygen atoms in total. The van der Waals surface area contributed by atoms with Gasteiger partial charge in [-0.3, -0.25) is 10.1 Å². The van der Waals surface area contributed by atoms with Gasteiger partial charge in [0.05, 0.1) is 23.0 Å². The van der Waals surface area contributed by atoms with Crippen LogP contribution in [0.15, 0.2) is 53.4 Å². The van der Waals surface area contributed by atoms with E-state index in [0.717, 1.165) is 0 Å². The van der Waals surface area contributed by atoms with E-state index in [1.807, 2.05) is 0 Å². The first-order chi connectivity index (χ1) is 13.4. The third-order valence-electron chi connectivity index (χ3n) is 4.06. The number of non-ortho nitro benzene ring substituents is 1. The van der Waals surface area contributed by atoms with Crippen LogP contribution in [0.2, 0.25) is 0 Å². The molecule has 0 aromatic heterocycles. The highest BCUT2D eigenvalue weighted by atomic mass is 32.2. The SMILES string of the molecule is O=[N+]([O-])c1ccc(NC(=S)Nc2ccc(S(=O)(=O)N3CCOCC3)cc2)cc1. The van der Waals surface area contributed by atoms with E-state index < -0.39 is 14.9 Å². The van der Waals surface area contributed by atoms with Crippen molar-refractivity contribution in [1.82, 2.24) is 4.31 Å². The first-order valence-electron chi connectivity index (χ1n) is 8.37. The Hall–Kier alpha value is -2.60. The number of ether oxygens (including phenoxy) is 1. The predicted octanol–water partition coefficient (Wildman–Crippen LogP) is 2.42. The van der Waals surface area contributed by atoms with E-state index in [1.165, 1.54) is 28.6 Å². The van der Waals surface area contributed by atoms with Gasteiger partial charge in [-0.1, -0.05) is 0 Å². The Labute approximate surface area is 167 Å². The summed E-state index contributed by atoms with van der Waals surface area (Å²) >= 11 is 5.21. The lowest BCUT2D eigenvalue weighted by Crippen LogP contribution is -2.40. The predicted molar refractivity (Wildman–Crippen MR) is 109 cm³/mol. The maximum atomic E-state index is 12.6. The molecule has 0 bridgehead atoms. The van der Waals surface area contributed by atoms with Crippen LogP contribution in [0.25, 0.3) is 0 Å². The number of anilines is 2. The van der Waals surface area contributed by atoms with E-state index in [4.69, 9.17) is 17.0 Å². The second-order valence-corrected chi connectivity index (χ2v) is 8.27. The number of morpholine rings is 1. The molecule has 0 radical (unpaired) electrons. The summed E-state index contributed by atoms with van der Waals surface area (Å²) in [7, 11) is -3.54. The first kappa shape index (κ1) is 20.1. The molecule has 0 aliphatic carbocycles. The van der Waals surface area contributed by atoms with Crippen LogP contribution in [0.5, 0.6) is 0 Å². The molecule has 2 aromatic carbocycles. The molecule has 0 saturated carbocycles. The average molecular weight is 422 g/mol. The van der Waals surface area contributed by atoms with Crippen LogP contribution in [0.1, 0.15) is 0 Å². The van der Waals surface area contributed by atoms with Crippen LogP contribution in [0, 0.1) is 10.1 Å². The summed E-state index contributed by atoms with van der Waals surface area (Å²) in [6.45, 7) is 1.46. The minimum atomic E-state index is -3.54. The summed E-state index contributed by atoms with van der Waals surface area (Å²) < 4.78 is 31.8. The van der Waals surface area contributed by atoms with Crippen molar-refractivity contribution in [3.8, 4) is 0 Å². The number of sulfonamides is 1. The Morgan fingerprint density at radius 1 is 1.00 bits per heavy atom. The summed E-state index contributed by atoms with van der Waals surface area (Å²) in [6.07, 6.45) is 0. The van der Waals surface area contributed by atoms with Gasteiger partial charge in [-0.05, 0) is 48.6 Å². The van der Waals surface area contributed by atoms with E-state index in [9.17, 15) is 18.5 Å². The Morgan fingerprint density at radius 3 is 2.00 bits per heavy atom. The van der Waals surface area contributed by atoms with Gasteiger partial charge < -0.3 is 15.4 Å². The van der Waals surface area contributed by atoms with Crippen molar-refractivity contribution >= 4 is 44.4 Å². The molecule has 0 amide bonds. The van der Waals surface area contributed by atoms with Crippen LogP contribution in [-0.4, -0.2) is 49.1 Å². The highest BCUT2D eigenvalue weighted by Gasteiger charge is 2.26. The van der Waals surface area contributed by atoms with Crippen molar-refractivity contribution < 1.29 is 18.1 Å². The lowest BCUT2D eigenvalue weighted by molar-refractivity contribution is -0.384. The second-order valence-electron chi connectivity index (χ2n) is 5.92. The Bertz CT molecular complexity index is 956. The first-order valence-corrected chi connectivity index (χ1v) is 10.2. The third-order valence-corrected chi connectivity index (χ3v) is 6.17. The molecule has 2 aromatic rings. The lowest BCUT2D eigenvalue weighted by Gasteiger charge is -2.26. The molecule has 1 saturated heterocycles. The molecule has 11 heteroatoms. The molecule has 1 heterocycles. The summed E-state index contributed by atoms with van der Waals surface area (Å²) in [5.74, 6) is 0. The van der Waals surface area contributed by atoms with E-state index in [0.29, 0.717) is 37.7 Å². The van der Waals surface area contributed by atoms with E-state index in [2.05, 4.69) is 10.6 Å². The standard InChI is InChI=1S/C17H18N4O5S2/c22-21(23)15-5-1-13(2-6-15)18-17(27)19-14-3-7-16(8-4-14)28(24,25)20-9-11-26-12-10-20/h1-8H,9-12H2,(H2,18,19,27). The fourth-order valence-corrected chi connectivity index (χ4v) is 4.25. The van der Waals surface area contributed by atoms with Gasteiger partial charge in [0, 0.05) is 36.6 Å². The van der Waals surface area contributed by atoms with Crippen molar-refractivity contribution in [1.29, 1.82) is 0 Å². The van der Waals surface area contributed by atoms with Gasteiger partial charge in [0.15, 0.2) is 5.11 Å². The fraction of sp³-hybridized carbons (Fsp3) is 0.235. The molecule has 0 spiro atoms. The molecule has 2 N–H and O–H groups in total. The number of hydrogen-bond acceptors (Lipinski definition) is 6. The van der Waals surface area contributed by atoms with E-state index in [1.54, 1.807) is 24.3 Å². The maximum absolute atomic E-state index is 12.6. The van der Waals surface area contributed by atoms with Crippen LogP contribution >= 0.6 is 12.2 Å². The fourth-order valence-electron chi connectivity index (χ4n) is 2.61. The van der Waals surface area contributed by atoms with Gasteiger partial charge in [0.2, 0.25) is 10.0 Å². The summed E-state index contributed by atoms with van der Waals surface area (Å²) in [6, 6.07) is 12.1. The van der Waals surface area contributed by atoms with Gasteiger partial charge >= 0.3 is 0 Å². The van der Waals surface area contributed by atoms with Gasteiger partial charge in [-0.15, -0.1) is 0 Å². The number of benzene rings is 2. The van der Waals surface area contributed by atoms with Crippen molar-refractivity contribution in [3.05, 3.63) is 58.6 Å². The number of thiocarbonyl (C=S) groups is 1. The molecule has 3 rings (SSSR count). The highest BCUT2D eigenvalue weighted by Crippen LogP contribution is 2.20. The van der Waals surface area contributed by atoms with Crippen molar-refractivity contribution in [2.75, 3.05) is 36.9 Å². The van der Waals surface area contributed by atoms with Gasteiger partial charge in [0.25, 0.3) is 5.69 Å². The molecule has 0 unspecified atom stereocenters. The number of hydrogen-bond donors (Lipinski definition) is 2. The van der Waals surface area contributed by atoms with E-state index in [-0.39, 0.29) is 15.7 Å².